The predicted molar refractivity (Wildman–Crippen MR) is 83.7 cm³/mol. The van der Waals surface area contributed by atoms with Gasteiger partial charge in [-0.15, -0.1) is 0 Å². The quantitative estimate of drug-likeness (QED) is 0.707. The van der Waals surface area contributed by atoms with Gasteiger partial charge >= 0.3 is 0 Å². The number of nitrogens with zero attached hydrogens (tertiary/aromatic N) is 1. The van der Waals surface area contributed by atoms with Gasteiger partial charge in [-0.05, 0) is 29.2 Å². The fourth-order valence-corrected chi connectivity index (χ4v) is 2.21. The summed E-state index contributed by atoms with van der Waals surface area (Å²) in [4.78, 5) is 4.41. The molecule has 0 aliphatic rings. The van der Waals surface area contributed by atoms with E-state index in [0.717, 1.165) is 17.7 Å². The Morgan fingerprint density at radius 3 is 2.26 bits per heavy atom. The highest BCUT2D eigenvalue weighted by atomic mass is 14.7. The summed E-state index contributed by atoms with van der Waals surface area (Å²) < 4.78 is 0. The van der Waals surface area contributed by atoms with E-state index < -0.39 is 0 Å². The third-order valence-corrected chi connectivity index (χ3v) is 3.28. The van der Waals surface area contributed by atoms with Gasteiger partial charge in [0.15, 0.2) is 0 Å². The second-order valence-corrected chi connectivity index (χ2v) is 4.63. The van der Waals surface area contributed by atoms with Crippen molar-refractivity contribution in [3.8, 4) is 0 Å². The summed E-state index contributed by atoms with van der Waals surface area (Å²) >= 11 is 0. The molecule has 0 aromatic heterocycles. The van der Waals surface area contributed by atoms with Crippen molar-refractivity contribution in [1.82, 2.24) is 0 Å². The van der Waals surface area contributed by atoms with Crippen LogP contribution in [0, 0.1) is 6.92 Å². The van der Waals surface area contributed by atoms with Crippen LogP contribution in [-0.4, -0.2) is 12.8 Å². The first-order valence-corrected chi connectivity index (χ1v) is 6.47. The lowest BCUT2D eigenvalue weighted by Gasteiger charge is -2.11. The highest BCUT2D eigenvalue weighted by Crippen LogP contribution is 2.22. The minimum Gasteiger partial charge on any atom is -0.292 e. The Bertz CT molecular complexity index is 594. The molecule has 19 heavy (non-hydrogen) atoms. The zero-order valence-corrected chi connectivity index (χ0v) is 11.6. The maximum atomic E-state index is 4.41. The molecule has 0 radical (unpaired) electrons. The van der Waals surface area contributed by atoms with E-state index in [1.165, 1.54) is 16.7 Å². The van der Waals surface area contributed by atoms with Crippen LogP contribution < -0.4 is 0 Å². The van der Waals surface area contributed by atoms with E-state index in [2.05, 4.69) is 54.9 Å². The van der Waals surface area contributed by atoms with E-state index in [-0.39, 0.29) is 0 Å². The summed E-state index contributed by atoms with van der Waals surface area (Å²) in [5.74, 6) is 0. The number of hydrogen-bond acceptors (Lipinski definition) is 1. The van der Waals surface area contributed by atoms with Crippen LogP contribution in [0.3, 0.4) is 0 Å². The van der Waals surface area contributed by atoms with E-state index in [4.69, 9.17) is 0 Å². The number of rotatable bonds is 4. The summed E-state index contributed by atoms with van der Waals surface area (Å²) in [7, 11) is 1.84. The largest absolute Gasteiger partial charge is 0.292 e. The zero-order valence-electron chi connectivity index (χ0n) is 11.6. The van der Waals surface area contributed by atoms with Gasteiger partial charge < -0.3 is 0 Å². The van der Waals surface area contributed by atoms with Gasteiger partial charge in [0.1, 0.15) is 0 Å². The van der Waals surface area contributed by atoms with Gasteiger partial charge in [0, 0.05) is 19.2 Å². The summed E-state index contributed by atoms with van der Waals surface area (Å²) in [6, 6.07) is 18.6. The molecule has 0 unspecified atom stereocenters. The Morgan fingerprint density at radius 2 is 1.63 bits per heavy atom. The smallest absolute Gasteiger partial charge is 0.0460 e. The molecule has 0 N–H and O–H groups in total. The fraction of sp³-hybridized carbons (Fsp3) is 0.167. The predicted octanol–water partition coefficient (Wildman–Crippen LogP) is 4.52. The Labute approximate surface area is 115 Å². The lowest BCUT2D eigenvalue weighted by molar-refractivity contribution is 1.33. The van der Waals surface area contributed by atoms with Crippen LogP contribution in [0.5, 0.6) is 0 Å². The molecule has 0 aliphatic heterocycles. The summed E-state index contributed by atoms with van der Waals surface area (Å²) in [5.41, 5.74) is 5.84. The molecule has 0 aliphatic carbocycles. The van der Waals surface area contributed by atoms with Gasteiger partial charge in [0.2, 0.25) is 0 Å². The summed E-state index contributed by atoms with van der Waals surface area (Å²) in [6.07, 6.45) is 0.783. The molecule has 0 heterocycles. The van der Waals surface area contributed by atoms with E-state index in [1.807, 2.05) is 25.2 Å². The van der Waals surface area contributed by atoms with Gasteiger partial charge in [-0.3, -0.25) is 4.99 Å². The normalized spacial score (nSPS) is 11.4. The topological polar surface area (TPSA) is 12.4 Å². The van der Waals surface area contributed by atoms with Crippen molar-refractivity contribution >= 4 is 11.3 Å². The number of aryl methyl sites for hydroxylation is 1. The van der Waals surface area contributed by atoms with Crippen LogP contribution >= 0.6 is 0 Å². The maximum absolute atomic E-state index is 4.41. The second kappa shape index (κ2) is 6.14. The molecule has 0 fully saturated rings. The molecular weight excluding hydrogens is 230 g/mol. The molecule has 0 saturated carbocycles. The van der Waals surface area contributed by atoms with Crippen molar-refractivity contribution in [2.45, 2.75) is 13.3 Å². The minimum atomic E-state index is 0.783. The molecule has 0 spiro atoms. The first-order valence-electron chi connectivity index (χ1n) is 6.47. The van der Waals surface area contributed by atoms with Gasteiger partial charge in [-0.25, -0.2) is 0 Å². The number of hydrogen-bond donors (Lipinski definition) is 0. The SMILES string of the molecule is C=C(CC(=NC)c1ccccc1)c1ccccc1C. The van der Waals surface area contributed by atoms with Gasteiger partial charge in [-0.2, -0.15) is 0 Å². The first kappa shape index (κ1) is 13.3. The monoisotopic (exact) mass is 249 g/mol. The van der Waals surface area contributed by atoms with E-state index in [9.17, 15) is 0 Å². The summed E-state index contributed by atoms with van der Waals surface area (Å²) in [5, 5.41) is 0. The fourth-order valence-electron chi connectivity index (χ4n) is 2.21. The average molecular weight is 249 g/mol. The molecule has 96 valence electrons. The zero-order chi connectivity index (χ0) is 13.7. The van der Waals surface area contributed by atoms with Crippen molar-refractivity contribution < 1.29 is 0 Å². The van der Waals surface area contributed by atoms with Crippen molar-refractivity contribution in [3.05, 3.63) is 77.9 Å². The Balaban J connectivity index is 2.21. The van der Waals surface area contributed by atoms with Gasteiger partial charge in [0.05, 0.1) is 0 Å². The molecule has 0 bridgehead atoms. The Morgan fingerprint density at radius 1 is 1.00 bits per heavy atom. The van der Waals surface area contributed by atoms with Crippen LogP contribution in [0.2, 0.25) is 0 Å². The lowest BCUT2D eigenvalue weighted by Crippen LogP contribution is -2.02. The van der Waals surface area contributed by atoms with Crippen LogP contribution in [0.1, 0.15) is 23.1 Å². The van der Waals surface area contributed by atoms with E-state index >= 15 is 0 Å². The Hall–Kier alpha value is -2.15. The molecule has 0 atom stereocenters. The first-order chi connectivity index (χ1) is 9.22. The standard InChI is InChI=1S/C18H19N/c1-14-9-7-8-12-17(14)15(2)13-18(19-3)16-10-5-4-6-11-16/h4-12H,2,13H2,1,3H3. The number of aliphatic imine (C=N–C) groups is 1. The molecule has 0 saturated heterocycles. The number of benzene rings is 2. The van der Waals surface area contributed by atoms with Crippen molar-refractivity contribution in [1.29, 1.82) is 0 Å². The molecular formula is C18H19N. The van der Waals surface area contributed by atoms with Crippen LogP contribution in [0.15, 0.2) is 66.2 Å². The molecule has 1 heteroatoms. The Kier molecular flexibility index (Phi) is 4.30. The van der Waals surface area contributed by atoms with Gasteiger partial charge in [-0.1, -0.05) is 61.2 Å². The lowest BCUT2D eigenvalue weighted by atomic mass is 9.95. The van der Waals surface area contributed by atoms with Crippen LogP contribution in [-0.2, 0) is 0 Å². The van der Waals surface area contributed by atoms with E-state index in [0.29, 0.717) is 0 Å². The average Bonchev–Trinajstić information content (AvgIpc) is 2.46. The van der Waals surface area contributed by atoms with Crippen LogP contribution in [0.4, 0.5) is 0 Å². The third-order valence-electron chi connectivity index (χ3n) is 3.28. The molecule has 1 nitrogen and oxygen atoms in total. The third kappa shape index (κ3) is 3.19. The number of allylic oxidation sites excluding steroid dienone is 1. The van der Waals surface area contributed by atoms with Crippen molar-refractivity contribution in [2.75, 3.05) is 7.05 Å². The highest BCUT2D eigenvalue weighted by Gasteiger charge is 2.08. The van der Waals surface area contributed by atoms with Gasteiger partial charge in [0.25, 0.3) is 0 Å². The molecule has 0 amide bonds. The highest BCUT2D eigenvalue weighted by molar-refractivity contribution is 6.05. The van der Waals surface area contributed by atoms with Crippen molar-refractivity contribution in [3.63, 3.8) is 0 Å². The second-order valence-electron chi connectivity index (χ2n) is 4.63. The molecule has 2 rings (SSSR count). The van der Waals surface area contributed by atoms with Crippen molar-refractivity contribution in [2.24, 2.45) is 4.99 Å². The summed E-state index contributed by atoms with van der Waals surface area (Å²) in [6.45, 7) is 6.34. The molecule has 2 aromatic rings. The molecule has 2 aromatic carbocycles. The van der Waals surface area contributed by atoms with E-state index in [1.54, 1.807) is 0 Å². The maximum Gasteiger partial charge on any atom is 0.0460 e. The van der Waals surface area contributed by atoms with Crippen LogP contribution in [0.25, 0.3) is 5.57 Å². The minimum absolute atomic E-state index is 0.783.